The predicted molar refractivity (Wildman–Crippen MR) is 70.7 cm³/mol. The van der Waals surface area contributed by atoms with Crippen LogP contribution in [0.3, 0.4) is 0 Å². The van der Waals surface area contributed by atoms with E-state index in [-0.39, 0.29) is 36.5 Å². The molecule has 0 radical (unpaired) electrons. The number of hydrogen-bond donors (Lipinski definition) is 1. The van der Waals surface area contributed by atoms with Gasteiger partial charge in [-0.25, -0.2) is 8.78 Å². The molecule has 6 heteroatoms. The summed E-state index contributed by atoms with van der Waals surface area (Å²) in [6, 6.07) is 3.08. The molecule has 21 heavy (non-hydrogen) atoms. The molecule has 2 fully saturated rings. The van der Waals surface area contributed by atoms with Crippen LogP contribution in [0.4, 0.5) is 8.78 Å². The molecule has 0 aromatic heterocycles. The first-order valence-corrected chi connectivity index (χ1v) is 7.11. The van der Waals surface area contributed by atoms with E-state index in [0.717, 1.165) is 25.0 Å². The normalized spacial score (nSPS) is 27.8. The van der Waals surface area contributed by atoms with Gasteiger partial charge in [-0.05, 0) is 37.8 Å². The lowest BCUT2D eigenvalue weighted by Gasteiger charge is -2.37. The summed E-state index contributed by atoms with van der Waals surface area (Å²) in [5, 5.41) is 9.71. The maximum Gasteiger partial charge on any atom is 0.261 e. The van der Waals surface area contributed by atoms with Crippen LogP contribution in [-0.2, 0) is 4.79 Å². The highest BCUT2D eigenvalue weighted by Gasteiger charge is 2.42. The number of carbonyl (C=O) groups excluding carboxylic acids is 1. The summed E-state index contributed by atoms with van der Waals surface area (Å²) >= 11 is 0. The Morgan fingerprint density at radius 3 is 2.57 bits per heavy atom. The number of carbonyl (C=O) groups is 1. The zero-order chi connectivity index (χ0) is 15.0. The van der Waals surface area contributed by atoms with Gasteiger partial charge in [0, 0.05) is 18.2 Å². The zero-order valence-corrected chi connectivity index (χ0v) is 11.5. The van der Waals surface area contributed by atoms with E-state index in [4.69, 9.17) is 4.74 Å². The third kappa shape index (κ3) is 2.85. The number of piperidine rings is 1. The van der Waals surface area contributed by atoms with Crippen LogP contribution in [0, 0.1) is 11.6 Å². The number of amides is 1. The van der Waals surface area contributed by atoms with Crippen molar-refractivity contribution in [2.75, 3.05) is 6.61 Å². The molecule has 2 saturated heterocycles. The van der Waals surface area contributed by atoms with Gasteiger partial charge in [0.2, 0.25) is 0 Å². The van der Waals surface area contributed by atoms with Crippen LogP contribution in [0.5, 0.6) is 5.75 Å². The van der Waals surface area contributed by atoms with Crippen LogP contribution < -0.4 is 4.74 Å². The fourth-order valence-corrected chi connectivity index (χ4v) is 3.36. The fourth-order valence-electron chi connectivity index (χ4n) is 3.36. The van der Waals surface area contributed by atoms with Crippen LogP contribution in [-0.4, -0.2) is 40.7 Å². The van der Waals surface area contributed by atoms with Crippen molar-refractivity contribution in [2.45, 2.75) is 43.9 Å². The molecule has 2 aliphatic heterocycles. The highest BCUT2D eigenvalue weighted by atomic mass is 19.1. The minimum Gasteiger partial charge on any atom is -0.481 e. The van der Waals surface area contributed by atoms with Crippen molar-refractivity contribution < 1.29 is 23.4 Å². The van der Waals surface area contributed by atoms with Crippen molar-refractivity contribution in [3.63, 3.8) is 0 Å². The molecule has 3 rings (SSSR count). The molecule has 0 unspecified atom stereocenters. The number of halogens is 2. The summed E-state index contributed by atoms with van der Waals surface area (Å²) < 4.78 is 31.4. The van der Waals surface area contributed by atoms with Crippen LogP contribution in [0.1, 0.15) is 25.7 Å². The van der Waals surface area contributed by atoms with Crippen molar-refractivity contribution in [1.82, 2.24) is 4.90 Å². The first-order valence-electron chi connectivity index (χ1n) is 7.11. The van der Waals surface area contributed by atoms with Crippen LogP contribution >= 0.6 is 0 Å². The third-order valence-corrected chi connectivity index (χ3v) is 4.24. The van der Waals surface area contributed by atoms with Gasteiger partial charge in [-0.1, -0.05) is 0 Å². The van der Waals surface area contributed by atoms with E-state index < -0.39 is 11.6 Å². The SMILES string of the molecule is O=C(COc1ccc(F)cc1F)N1[C@H]2CC[C@H]1CC(O)C2. The molecule has 1 N–H and O–H groups in total. The summed E-state index contributed by atoms with van der Waals surface area (Å²) in [5.41, 5.74) is 0. The van der Waals surface area contributed by atoms with E-state index in [9.17, 15) is 18.7 Å². The van der Waals surface area contributed by atoms with Crippen molar-refractivity contribution in [3.05, 3.63) is 29.8 Å². The lowest BCUT2D eigenvalue weighted by Crippen LogP contribution is -2.49. The van der Waals surface area contributed by atoms with Crippen LogP contribution in [0.15, 0.2) is 18.2 Å². The van der Waals surface area contributed by atoms with Gasteiger partial charge in [-0.3, -0.25) is 4.79 Å². The molecule has 4 nitrogen and oxygen atoms in total. The van der Waals surface area contributed by atoms with Gasteiger partial charge in [0.1, 0.15) is 5.82 Å². The topological polar surface area (TPSA) is 49.8 Å². The Morgan fingerprint density at radius 1 is 1.29 bits per heavy atom. The van der Waals surface area contributed by atoms with E-state index in [1.807, 2.05) is 0 Å². The number of ether oxygens (including phenoxy) is 1. The van der Waals surface area contributed by atoms with E-state index in [1.54, 1.807) is 4.90 Å². The molecule has 0 spiro atoms. The average molecular weight is 297 g/mol. The molecule has 1 amide bonds. The number of benzene rings is 1. The molecular formula is C15H17F2NO3. The largest absolute Gasteiger partial charge is 0.481 e. The number of fused-ring (bicyclic) bond motifs is 2. The highest BCUT2D eigenvalue weighted by Crippen LogP contribution is 2.35. The Bertz CT molecular complexity index is 538. The molecule has 2 bridgehead atoms. The lowest BCUT2D eigenvalue weighted by molar-refractivity contribution is -0.139. The predicted octanol–water partition coefficient (Wildman–Crippen LogP) is 1.86. The lowest BCUT2D eigenvalue weighted by atomic mass is 10.00. The Morgan fingerprint density at radius 2 is 1.95 bits per heavy atom. The first-order chi connectivity index (χ1) is 10.0. The number of nitrogens with zero attached hydrogens (tertiary/aromatic N) is 1. The Balaban J connectivity index is 1.62. The maximum atomic E-state index is 13.4. The number of rotatable bonds is 3. The Hall–Kier alpha value is -1.69. The number of aliphatic hydroxyl groups excluding tert-OH is 1. The summed E-state index contributed by atoms with van der Waals surface area (Å²) in [4.78, 5) is 14.0. The van der Waals surface area contributed by atoms with Crippen LogP contribution in [0.2, 0.25) is 0 Å². The molecule has 2 heterocycles. The van der Waals surface area contributed by atoms with Gasteiger partial charge in [0.15, 0.2) is 18.2 Å². The van der Waals surface area contributed by atoms with Gasteiger partial charge < -0.3 is 14.7 Å². The van der Waals surface area contributed by atoms with Gasteiger partial charge in [-0.2, -0.15) is 0 Å². The fraction of sp³-hybridized carbons (Fsp3) is 0.533. The Kier molecular flexibility index (Phi) is 3.80. The average Bonchev–Trinajstić information content (AvgIpc) is 2.70. The molecule has 1 aromatic rings. The molecule has 1 aromatic carbocycles. The number of hydrogen-bond acceptors (Lipinski definition) is 3. The summed E-state index contributed by atoms with van der Waals surface area (Å²) in [5.74, 6) is -1.85. The molecule has 0 aliphatic carbocycles. The van der Waals surface area contributed by atoms with E-state index in [2.05, 4.69) is 0 Å². The zero-order valence-electron chi connectivity index (χ0n) is 11.5. The van der Waals surface area contributed by atoms with Gasteiger partial charge >= 0.3 is 0 Å². The minimum atomic E-state index is -0.820. The van der Waals surface area contributed by atoms with E-state index in [1.165, 1.54) is 6.07 Å². The molecule has 114 valence electrons. The molecular weight excluding hydrogens is 280 g/mol. The standard InChI is InChI=1S/C15H17F2NO3/c16-9-1-4-14(13(17)5-9)21-8-15(20)18-10-2-3-11(18)7-12(19)6-10/h1,4-5,10-12,19H,2-3,6-8H2/t10-,11-/m0/s1. The second-order valence-corrected chi connectivity index (χ2v) is 5.67. The summed E-state index contributed by atoms with van der Waals surface area (Å²) in [6.07, 6.45) is 2.61. The highest BCUT2D eigenvalue weighted by molar-refractivity contribution is 5.79. The van der Waals surface area contributed by atoms with E-state index >= 15 is 0 Å². The molecule has 2 atom stereocenters. The van der Waals surface area contributed by atoms with Crippen molar-refractivity contribution in [3.8, 4) is 5.75 Å². The van der Waals surface area contributed by atoms with Gasteiger partial charge in [0.25, 0.3) is 5.91 Å². The van der Waals surface area contributed by atoms with Crippen molar-refractivity contribution in [2.24, 2.45) is 0 Å². The van der Waals surface area contributed by atoms with Gasteiger partial charge in [-0.15, -0.1) is 0 Å². The second kappa shape index (κ2) is 5.60. The monoisotopic (exact) mass is 297 g/mol. The summed E-state index contributed by atoms with van der Waals surface area (Å²) in [7, 11) is 0. The minimum absolute atomic E-state index is 0.0490. The Labute approximate surface area is 121 Å². The third-order valence-electron chi connectivity index (χ3n) is 4.24. The second-order valence-electron chi connectivity index (χ2n) is 5.67. The molecule has 2 aliphatic rings. The summed E-state index contributed by atoms with van der Waals surface area (Å²) in [6.45, 7) is -0.272. The van der Waals surface area contributed by atoms with Crippen molar-refractivity contribution >= 4 is 5.91 Å². The number of aliphatic hydroxyl groups is 1. The van der Waals surface area contributed by atoms with Gasteiger partial charge in [0.05, 0.1) is 6.10 Å². The first kappa shape index (κ1) is 14.3. The van der Waals surface area contributed by atoms with E-state index in [0.29, 0.717) is 12.8 Å². The maximum absolute atomic E-state index is 13.4. The quantitative estimate of drug-likeness (QED) is 0.926. The van der Waals surface area contributed by atoms with Crippen LogP contribution in [0.25, 0.3) is 0 Å². The van der Waals surface area contributed by atoms with Crippen molar-refractivity contribution in [1.29, 1.82) is 0 Å². The smallest absolute Gasteiger partial charge is 0.261 e. The molecule has 0 saturated carbocycles.